The van der Waals surface area contributed by atoms with Crippen molar-refractivity contribution in [1.29, 1.82) is 0 Å². The average Bonchev–Trinajstić information content (AvgIpc) is 3.25. The molecule has 46 heavy (non-hydrogen) atoms. The predicted octanol–water partition coefficient (Wildman–Crippen LogP) is 5.80. The number of terminal acetylenes is 1. The zero-order valence-corrected chi connectivity index (χ0v) is 26.8. The smallest absolute Gasteiger partial charge is 0.410 e. The van der Waals surface area contributed by atoms with E-state index in [1.165, 1.54) is 13.0 Å². The molecular formula is C34H33F2N5O4S. The van der Waals surface area contributed by atoms with Crippen LogP contribution in [0.2, 0.25) is 0 Å². The fraction of sp³-hybridized carbons (Fsp3) is 0.412. The van der Waals surface area contributed by atoms with E-state index in [-0.39, 0.29) is 52.3 Å². The Morgan fingerprint density at radius 1 is 1.07 bits per heavy atom. The summed E-state index contributed by atoms with van der Waals surface area (Å²) in [4.78, 5) is 30.9. The number of piperazine rings is 1. The molecule has 0 radical (unpaired) electrons. The van der Waals surface area contributed by atoms with E-state index >= 15 is 4.39 Å². The van der Waals surface area contributed by atoms with Crippen molar-refractivity contribution in [2.24, 2.45) is 0 Å². The number of rotatable bonds is 3. The van der Waals surface area contributed by atoms with Crippen molar-refractivity contribution in [3.63, 3.8) is 0 Å². The zero-order chi connectivity index (χ0) is 32.7. The predicted molar refractivity (Wildman–Crippen MR) is 170 cm³/mol. The van der Waals surface area contributed by atoms with Crippen LogP contribution in [0.1, 0.15) is 58.2 Å². The number of amides is 1. The number of pyridine rings is 1. The van der Waals surface area contributed by atoms with Gasteiger partial charge < -0.3 is 9.64 Å². The van der Waals surface area contributed by atoms with Crippen LogP contribution in [0.15, 0.2) is 35.5 Å². The molecule has 4 aromatic rings. The summed E-state index contributed by atoms with van der Waals surface area (Å²) >= 11 is 0. The van der Waals surface area contributed by atoms with Gasteiger partial charge in [0.05, 0.1) is 40.5 Å². The van der Waals surface area contributed by atoms with Crippen LogP contribution in [0.25, 0.3) is 32.9 Å². The van der Waals surface area contributed by atoms with Crippen molar-refractivity contribution >= 4 is 43.4 Å². The highest BCUT2D eigenvalue weighted by molar-refractivity contribution is 7.91. The van der Waals surface area contributed by atoms with Gasteiger partial charge in [0.25, 0.3) is 0 Å². The van der Waals surface area contributed by atoms with E-state index in [0.717, 1.165) is 12.8 Å². The second-order valence-corrected chi connectivity index (χ2v) is 15.3. The van der Waals surface area contributed by atoms with Crippen LogP contribution in [-0.4, -0.2) is 70.4 Å². The number of hydrogen-bond acceptors (Lipinski definition) is 8. The lowest BCUT2D eigenvalue weighted by molar-refractivity contribution is 0.00722. The molecule has 3 atom stereocenters. The fourth-order valence-electron chi connectivity index (χ4n) is 7.25. The standard InChI is InChI=1S/C34H33F2N5O4S/c1-6-20-22(35)13-11-18-9-8-10-21(26(18)20)29-28(36)30-27-23(37-29)14-16-24-25-15-12-19(41(25)33(42)45-34(3,4)5)17-40(24)31(27)39-32(38-30)46(43,44)7-2/h1,8-11,13,19,24-25H,7,12,14-17H2,2-5H3/t19-,24+,25+/m1/s1. The van der Waals surface area contributed by atoms with Gasteiger partial charge in [0.2, 0.25) is 15.0 Å². The van der Waals surface area contributed by atoms with Gasteiger partial charge in [-0.15, -0.1) is 6.42 Å². The third-order valence-corrected chi connectivity index (χ3v) is 10.7. The van der Waals surface area contributed by atoms with Gasteiger partial charge in [0.15, 0.2) is 5.82 Å². The summed E-state index contributed by atoms with van der Waals surface area (Å²) in [5.41, 5.74) is -0.193. The molecule has 1 amide bonds. The highest BCUT2D eigenvalue weighted by Gasteiger charge is 2.51. The first-order chi connectivity index (χ1) is 21.8. The summed E-state index contributed by atoms with van der Waals surface area (Å²) in [5, 5.41) is 0.796. The van der Waals surface area contributed by atoms with Crippen LogP contribution < -0.4 is 4.90 Å². The van der Waals surface area contributed by atoms with Gasteiger partial charge >= 0.3 is 6.09 Å². The van der Waals surface area contributed by atoms with Gasteiger partial charge in [-0.05, 0) is 57.9 Å². The molecular weight excluding hydrogens is 612 g/mol. The van der Waals surface area contributed by atoms with Crippen molar-refractivity contribution in [1.82, 2.24) is 19.9 Å². The van der Waals surface area contributed by atoms with Crippen LogP contribution in [0.5, 0.6) is 0 Å². The molecule has 2 saturated heterocycles. The van der Waals surface area contributed by atoms with Crippen molar-refractivity contribution < 1.29 is 26.7 Å². The number of aromatic nitrogens is 3. The second kappa shape index (κ2) is 10.6. The molecule has 3 aliphatic rings. The number of aryl methyl sites for hydroxylation is 1. The third kappa shape index (κ3) is 4.66. The maximum atomic E-state index is 16.9. The minimum atomic E-state index is -3.96. The maximum absolute atomic E-state index is 16.9. The van der Waals surface area contributed by atoms with E-state index in [1.54, 1.807) is 24.3 Å². The van der Waals surface area contributed by atoms with E-state index in [1.807, 2.05) is 30.6 Å². The van der Waals surface area contributed by atoms with Crippen molar-refractivity contribution in [3.8, 4) is 23.6 Å². The van der Waals surface area contributed by atoms with Crippen molar-refractivity contribution in [3.05, 3.63) is 53.2 Å². The lowest BCUT2D eigenvalue weighted by atomic mass is 9.95. The number of hydrogen-bond donors (Lipinski definition) is 0. The molecule has 12 heteroatoms. The SMILES string of the molecule is C#Cc1c(F)ccc2cccc(-c3nc4c5c(nc(S(=O)(=O)CC)nc5c3F)N3C[C@H]5CC[C@@H]([C@@H]3CC4)N5C(=O)OC(C)(C)C)c12. The number of fused-ring (bicyclic) bond motifs is 6. The molecule has 7 rings (SSSR count). The number of nitrogens with zero attached hydrogens (tertiary/aromatic N) is 5. The maximum Gasteiger partial charge on any atom is 0.410 e. The number of halogens is 2. The molecule has 0 spiro atoms. The van der Waals surface area contributed by atoms with Crippen LogP contribution in [0.3, 0.4) is 0 Å². The molecule has 5 heterocycles. The number of sulfone groups is 1. The van der Waals surface area contributed by atoms with Gasteiger partial charge in [0, 0.05) is 17.5 Å². The highest BCUT2D eigenvalue weighted by atomic mass is 32.2. The molecule has 2 aromatic carbocycles. The Kier molecular flexibility index (Phi) is 6.97. The second-order valence-electron chi connectivity index (χ2n) is 13.1. The number of carbonyl (C=O) groups excluding carboxylic acids is 1. The van der Waals surface area contributed by atoms with Crippen LogP contribution in [0.4, 0.5) is 19.4 Å². The lowest BCUT2D eigenvalue weighted by Crippen LogP contribution is -2.62. The van der Waals surface area contributed by atoms with Gasteiger partial charge in [-0.25, -0.2) is 36.9 Å². The van der Waals surface area contributed by atoms with E-state index < -0.39 is 32.2 Å². The summed E-state index contributed by atoms with van der Waals surface area (Å²) in [7, 11) is -3.96. The van der Waals surface area contributed by atoms with Crippen LogP contribution in [-0.2, 0) is 21.0 Å². The fourth-order valence-corrected chi connectivity index (χ4v) is 7.96. The van der Waals surface area contributed by atoms with E-state index in [4.69, 9.17) is 16.1 Å². The Labute approximate surface area is 265 Å². The Morgan fingerprint density at radius 2 is 1.85 bits per heavy atom. The number of benzene rings is 2. The first kappa shape index (κ1) is 30.3. The summed E-state index contributed by atoms with van der Waals surface area (Å²) in [6, 6.07) is 7.26. The van der Waals surface area contributed by atoms with Crippen LogP contribution >= 0.6 is 0 Å². The van der Waals surface area contributed by atoms with Gasteiger partial charge in [0.1, 0.15) is 28.4 Å². The van der Waals surface area contributed by atoms with E-state index in [0.29, 0.717) is 47.1 Å². The van der Waals surface area contributed by atoms with Gasteiger partial charge in [-0.3, -0.25) is 4.90 Å². The van der Waals surface area contributed by atoms with E-state index in [2.05, 4.69) is 15.9 Å². The molecule has 9 nitrogen and oxygen atoms in total. The molecule has 0 unspecified atom stereocenters. The number of ether oxygens (including phenoxy) is 1. The minimum Gasteiger partial charge on any atom is -0.444 e. The Morgan fingerprint density at radius 3 is 2.57 bits per heavy atom. The Balaban J connectivity index is 1.46. The van der Waals surface area contributed by atoms with E-state index in [9.17, 15) is 17.6 Å². The normalized spacial score (nSPS) is 20.8. The summed E-state index contributed by atoms with van der Waals surface area (Å²) in [6.45, 7) is 7.33. The molecule has 0 saturated carbocycles. The largest absolute Gasteiger partial charge is 0.444 e. The quantitative estimate of drug-likeness (QED) is 0.203. The molecule has 3 aliphatic heterocycles. The average molecular weight is 646 g/mol. The van der Waals surface area contributed by atoms with Gasteiger partial charge in [-0.1, -0.05) is 37.1 Å². The molecule has 0 N–H and O–H groups in total. The van der Waals surface area contributed by atoms with Crippen LogP contribution in [0, 0.1) is 24.0 Å². The highest BCUT2D eigenvalue weighted by Crippen LogP contribution is 2.45. The van der Waals surface area contributed by atoms with Crippen molar-refractivity contribution in [2.45, 2.75) is 82.3 Å². The van der Waals surface area contributed by atoms with Gasteiger partial charge in [-0.2, -0.15) is 0 Å². The first-order valence-electron chi connectivity index (χ1n) is 15.4. The topological polar surface area (TPSA) is 106 Å². The summed E-state index contributed by atoms with van der Waals surface area (Å²) in [6.07, 6.45) is 7.73. The Bertz CT molecular complexity index is 2110. The minimum absolute atomic E-state index is 0.0201. The number of anilines is 1. The monoisotopic (exact) mass is 645 g/mol. The summed E-state index contributed by atoms with van der Waals surface area (Å²) in [5.74, 6) is 0.947. The molecule has 238 valence electrons. The lowest BCUT2D eigenvalue weighted by Gasteiger charge is -2.47. The third-order valence-electron chi connectivity index (χ3n) is 9.22. The molecule has 2 fully saturated rings. The molecule has 0 aliphatic carbocycles. The molecule has 2 bridgehead atoms. The number of carbonyl (C=O) groups is 1. The zero-order valence-electron chi connectivity index (χ0n) is 26.0. The molecule has 2 aromatic heterocycles. The summed E-state index contributed by atoms with van der Waals surface area (Å²) < 4.78 is 64.0. The van der Waals surface area contributed by atoms with Crippen molar-refractivity contribution in [2.75, 3.05) is 17.2 Å². The first-order valence-corrected chi connectivity index (χ1v) is 17.1. The Hall–Kier alpha value is -4.37.